The third kappa shape index (κ3) is 2.68. The largest absolute Gasteiger partial charge is 0.339 e. The lowest BCUT2D eigenvalue weighted by Gasteiger charge is -2.10. The predicted octanol–water partition coefficient (Wildman–Crippen LogP) is 0.792. The highest BCUT2D eigenvalue weighted by Gasteiger charge is 2.25. The molecule has 0 amide bonds. The molecule has 6 heteroatoms. The molecule has 2 atom stereocenters. The molecule has 0 unspecified atom stereocenters. The van der Waals surface area contributed by atoms with Crippen LogP contribution < -0.4 is 5.32 Å². The molecule has 19 heavy (non-hydrogen) atoms. The van der Waals surface area contributed by atoms with Gasteiger partial charge in [-0.2, -0.15) is 4.98 Å². The molecule has 1 aliphatic heterocycles. The van der Waals surface area contributed by atoms with Gasteiger partial charge in [-0.1, -0.05) is 12.1 Å². The molecule has 0 saturated carbocycles. The lowest BCUT2D eigenvalue weighted by molar-refractivity contribution is 0.335. The molecular formula is C13H19N5O. The molecule has 0 spiro atoms. The third-order valence-corrected chi connectivity index (χ3v) is 3.88. The summed E-state index contributed by atoms with van der Waals surface area (Å²) in [4.78, 5) is 8.56. The Hall–Kier alpha value is -1.69. The minimum absolute atomic E-state index is 0.602. The van der Waals surface area contributed by atoms with Gasteiger partial charge in [-0.3, -0.25) is 0 Å². The molecule has 0 bridgehead atoms. The van der Waals surface area contributed by atoms with Crippen LogP contribution >= 0.6 is 0 Å². The van der Waals surface area contributed by atoms with E-state index in [0.717, 1.165) is 36.9 Å². The number of imidazole rings is 1. The zero-order valence-electron chi connectivity index (χ0n) is 11.3. The van der Waals surface area contributed by atoms with Gasteiger partial charge in [-0.25, -0.2) is 4.98 Å². The van der Waals surface area contributed by atoms with Crippen molar-refractivity contribution in [2.75, 3.05) is 13.1 Å². The van der Waals surface area contributed by atoms with Crippen LogP contribution in [-0.4, -0.2) is 32.8 Å². The van der Waals surface area contributed by atoms with Gasteiger partial charge in [0.2, 0.25) is 5.89 Å². The van der Waals surface area contributed by atoms with Gasteiger partial charge in [0.05, 0.1) is 12.7 Å². The summed E-state index contributed by atoms with van der Waals surface area (Å²) in [5, 5.41) is 7.44. The fourth-order valence-corrected chi connectivity index (χ4v) is 2.52. The second kappa shape index (κ2) is 5.13. The van der Waals surface area contributed by atoms with E-state index in [0.29, 0.717) is 18.3 Å². The van der Waals surface area contributed by atoms with Gasteiger partial charge in [0.15, 0.2) is 5.82 Å². The zero-order valence-corrected chi connectivity index (χ0v) is 11.3. The van der Waals surface area contributed by atoms with Crippen molar-refractivity contribution in [1.29, 1.82) is 0 Å². The average Bonchev–Trinajstić information content (AvgIpc) is 3.07. The summed E-state index contributed by atoms with van der Waals surface area (Å²) < 4.78 is 7.32. The monoisotopic (exact) mass is 261 g/mol. The third-order valence-electron chi connectivity index (χ3n) is 3.88. The van der Waals surface area contributed by atoms with Crippen molar-refractivity contribution >= 4 is 0 Å². The molecule has 3 rings (SSSR count). The van der Waals surface area contributed by atoms with Gasteiger partial charge in [0, 0.05) is 25.4 Å². The fraction of sp³-hybridized carbons (Fsp3) is 0.615. The van der Waals surface area contributed by atoms with Crippen molar-refractivity contribution in [1.82, 2.24) is 25.0 Å². The molecule has 1 N–H and O–H groups in total. The van der Waals surface area contributed by atoms with Crippen LogP contribution in [0.15, 0.2) is 17.0 Å². The average molecular weight is 261 g/mol. The number of aromatic nitrogens is 4. The molecule has 3 heterocycles. The molecule has 1 aliphatic rings. The zero-order chi connectivity index (χ0) is 13.2. The highest BCUT2D eigenvalue weighted by Crippen LogP contribution is 2.20. The summed E-state index contributed by atoms with van der Waals surface area (Å²) in [5.74, 6) is 2.76. The molecule has 1 fully saturated rings. The van der Waals surface area contributed by atoms with E-state index in [1.54, 1.807) is 6.33 Å². The van der Waals surface area contributed by atoms with E-state index >= 15 is 0 Å². The van der Waals surface area contributed by atoms with Crippen LogP contribution in [0, 0.1) is 11.8 Å². The second-order valence-corrected chi connectivity index (χ2v) is 5.38. The van der Waals surface area contributed by atoms with Gasteiger partial charge in [0.1, 0.15) is 0 Å². The normalized spacial score (nSPS) is 23.1. The first-order chi connectivity index (χ1) is 9.22. The Kier molecular flexibility index (Phi) is 3.33. The SMILES string of the molecule is C[C@@H]1CNC[C@H]1Cc1nc(Cc2cncn2C)no1. The summed E-state index contributed by atoms with van der Waals surface area (Å²) >= 11 is 0. The molecule has 6 nitrogen and oxygen atoms in total. The highest BCUT2D eigenvalue weighted by molar-refractivity contribution is 5.06. The van der Waals surface area contributed by atoms with Crippen molar-refractivity contribution in [2.45, 2.75) is 19.8 Å². The van der Waals surface area contributed by atoms with E-state index in [1.165, 1.54) is 0 Å². The predicted molar refractivity (Wildman–Crippen MR) is 69.5 cm³/mol. The first-order valence-corrected chi connectivity index (χ1v) is 6.69. The number of hydrogen-bond acceptors (Lipinski definition) is 5. The maximum absolute atomic E-state index is 5.34. The molecule has 102 valence electrons. The maximum atomic E-state index is 5.34. The maximum Gasteiger partial charge on any atom is 0.226 e. The van der Waals surface area contributed by atoms with Crippen molar-refractivity contribution in [2.24, 2.45) is 18.9 Å². The number of nitrogens with zero attached hydrogens (tertiary/aromatic N) is 4. The van der Waals surface area contributed by atoms with Gasteiger partial charge in [-0.15, -0.1) is 0 Å². The van der Waals surface area contributed by atoms with Crippen molar-refractivity contribution < 1.29 is 4.52 Å². The molecule has 2 aromatic rings. The van der Waals surface area contributed by atoms with Crippen molar-refractivity contribution in [3.05, 3.63) is 29.9 Å². The Labute approximate surface area is 112 Å². The summed E-state index contributed by atoms with van der Waals surface area (Å²) in [7, 11) is 1.97. The van der Waals surface area contributed by atoms with Gasteiger partial charge in [-0.05, 0) is 24.9 Å². The minimum atomic E-state index is 0.602. The van der Waals surface area contributed by atoms with Gasteiger partial charge < -0.3 is 14.4 Å². The van der Waals surface area contributed by atoms with E-state index in [9.17, 15) is 0 Å². The molecule has 0 aliphatic carbocycles. The number of nitrogens with one attached hydrogen (secondary N) is 1. The van der Waals surface area contributed by atoms with E-state index in [2.05, 4.69) is 27.4 Å². The Morgan fingerprint density at radius 3 is 3.05 bits per heavy atom. The summed E-state index contributed by atoms with van der Waals surface area (Å²) in [6.45, 7) is 4.39. The summed E-state index contributed by atoms with van der Waals surface area (Å²) in [6, 6.07) is 0. The van der Waals surface area contributed by atoms with Crippen LogP contribution in [-0.2, 0) is 19.9 Å². The van der Waals surface area contributed by atoms with Crippen LogP contribution in [0.5, 0.6) is 0 Å². The first kappa shape index (κ1) is 12.3. The van der Waals surface area contributed by atoms with Crippen LogP contribution in [0.2, 0.25) is 0 Å². The molecular weight excluding hydrogens is 242 g/mol. The minimum Gasteiger partial charge on any atom is -0.339 e. The molecule has 0 radical (unpaired) electrons. The summed E-state index contributed by atoms with van der Waals surface area (Å²) in [5.41, 5.74) is 1.09. The lowest BCUT2D eigenvalue weighted by Crippen LogP contribution is -2.13. The first-order valence-electron chi connectivity index (χ1n) is 6.69. The molecule has 1 saturated heterocycles. The summed E-state index contributed by atoms with van der Waals surface area (Å²) in [6.07, 6.45) is 5.15. The van der Waals surface area contributed by atoms with Crippen molar-refractivity contribution in [3.8, 4) is 0 Å². The highest BCUT2D eigenvalue weighted by atomic mass is 16.5. The van der Waals surface area contributed by atoms with Crippen molar-refractivity contribution in [3.63, 3.8) is 0 Å². The number of aryl methyl sites for hydroxylation is 1. The van der Waals surface area contributed by atoms with E-state index < -0.39 is 0 Å². The van der Waals surface area contributed by atoms with E-state index in [1.807, 2.05) is 17.8 Å². The van der Waals surface area contributed by atoms with E-state index in [-0.39, 0.29) is 0 Å². The Morgan fingerprint density at radius 2 is 2.37 bits per heavy atom. The standard InChI is InChI=1S/C13H19N5O/c1-9-5-14-6-10(9)3-13-16-12(17-19-13)4-11-7-15-8-18(11)2/h7-10,14H,3-6H2,1-2H3/t9-,10-/m1/s1. The van der Waals surface area contributed by atoms with Gasteiger partial charge >= 0.3 is 0 Å². The Balaban J connectivity index is 1.64. The van der Waals surface area contributed by atoms with Crippen LogP contribution in [0.1, 0.15) is 24.3 Å². The van der Waals surface area contributed by atoms with Crippen LogP contribution in [0.25, 0.3) is 0 Å². The number of hydrogen-bond donors (Lipinski definition) is 1. The lowest BCUT2D eigenvalue weighted by atomic mass is 9.95. The number of rotatable bonds is 4. The smallest absolute Gasteiger partial charge is 0.226 e. The fourth-order valence-electron chi connectivity index (χ4n) is 2.52. The van der Waals surface area contributed by atoms with Gasteiger partial charge in [0.25, 0.3) is 0 Å². The Morgan fingerprint density at radius 1 is 1.47 bits per heavy atom. The molecule has 0 aromatic carbocycles. The Bertz CT molecular complexity index is 547. The molecule has 2 aromatic heterocycles. The second-order valence-electron chi connectivity index (χ2n) is 5.38. The topological polar surface area (TPSA) is 68.8 Å². The quantitative estimate of drug-likeness (QED) is 0.881. The van der Waals surface area contributed by atoms with Crippen LogP contribution in [0.3, 0.4) is 0 Å². The van der Waals surface area contributed by atoms with Crippen LogP contribution in [0.4, 0.5) is 0 Å². The van der Waals surface area contributed by atoms with E-state index in [4.69, 9.17) is 4.52 Å².